The highest BCUT2D eigenvalue weighted by molar-refractivity contribution is 5.91. The second kappa shape index (κ2) is 6.99. The Balaban J connectivity index is 2.69. The number of carbonyl (C=O) groups is 2. The number of aliphatic hydroxyl groups excluding tert-OH is 3. The lowest BCUT2D eigenvalue weighted by Gasteiger charge is -2.26. The van der Waals surface area contributed by atoms with E-state index >= 15 is 0 Å². The van der Waals surface area contributed by atoms with Gasteiger partial charge < -0.3 is 30.0 Å². The standard InChI is InChI=1S/C13H16O7/c14-5-13(6-15,7-16)8-20-12(19)10-3-1-9(2-4-10)11(17)18/h1-4,14-16H,5-8H2,(H,17,18)/p-1. The molecule has 0 radical (unpaired) electrons. The first-order valence-electron chi connectivity index (χ1n) is 5.79. The number of benzene rings is 1. The molecule has 0 atom stereocenters. The molecule has 0 saturated heterocycles. The Hall–Kier alpha value is -1.96. The van der Waals surface area contributed by atoms with Gasteiger partial charge in [-0.2, -0.15) is 0 Å². The first-order chi connectivity index (χ1) is 9.48. The first-order valence-corrected chi connectivity index (χ1v) is 5.79. The van der Waals surface area contributed by atoms with Crippen molar-refractivity contribution >= 4 is 11.9 Å². The van der Waals surface area contributed by atoms with Crippen LogP contribution < -0.4 is 5.11 Å². The lowest BCUT2D eigenvalue weighted by molar-refractivity contribution is -0.255. The van der Waals surface area contributed by atoms with Crippen molar-refractivity contribution in [3.8, 4) is 0 Å². The molecule has 0 fully saturated rings. The zero-order chi connectivity index (χ0) is 15.2. The summed E-state index contributed by atoms with van der Waals surface area (Å²) >= 11 is 0. The number of carboxylic acid groups (broad SMARTS) is 1. The molecule has 1 aromatic rings. The summed E-state index contributed by atoms with van der Waals surface area (Å²) in [6.45, 7) is -2.00. The van der Waals surface area contributed by atoms with Gasteiger partial charge in [-0.05, 0) is 17.7 Å². The second-order valence-corrected chi connectivity index (χ2v) is 4.42. The van der Waals surface area contributed by atoms with Crippen LogP contribution in [0.2, 0.25) is 0 Å². The van der Waals surface area contributed by atoms with Gasteiger partial charge in [0.1, 0.15) is 6.61 Å². The van der Waals surface area contributed by atoms with E-state index in [-0.39, 0.29) is 17.7 Å². The number of aromatic carboxylic acids is 1. The van der Waals surface area contributed by atoms with Gasteiger partial charge in [0.25, 0.3) is 0 Å². The van der Waals surface area contributed by atoms with Crippen LogP contribution in [-0.2, 0) is 4.74 Å². The van der Waals surface area contributed by atoms with Crippen LogP contribution in [0.3, 0.4) is 0 Å². The molecule has 0 bridgehead atoms. The maximum Gasteiger partial charge on any atom is 0.338 e. The van der Waals surface area contributed by atoms with E-state index in [1.807, 2.05) is 0 Å². The van der Waals surface area contributed by atoms with E-state index in [9.17, 15) is 14.7 Å². The Morgan fingerprint density at radius 2 is 1.45 bits per heavy atom. The molecular weight excluding hydrogens is 268 g/mol. The van der Waals surface area contributed by atoms with Crippen molar-refractivity contribution in [2.24, 2.45) is 5.41 Å². The Labute approximate surface area is 115 Å². The number of aliphatic hydroxyl groups is 3. The molecule has 1 rings (SSSR count). The van der Waals surface area contributed by atoms with E-state index < -0.39 is 37.2 Å². The lowest BCUT2D eigenvalue weighted by atomic mass is 9.92. The molecule has 0 aliphatic heterocycles. The molecule has 0 amide bonds. The number of rotatable bonds is 7. The zero-order valence-electron chi connectivity index (χ0n) is 10.6. The fourth-order valence-electron chi connectivity index (χ4n) is 1.33. The van der Waals surface area contributed by atoms with E-state index in [4.69, 9.17) is 20.1 Å². The van der Waals surface area contributed by atoms with Gasteiger partial charge in [-0.15, -0.1) is 0 Å². The number of ether oxygens (including phenoxy) is 1. The zero-order valence-corrected chi connectivity index (χ0v) is 10.6. The molecule has 0 heterocycles. The Morgan fingerprint density at radius 3 is 1.85 bits per heavy atom. The van der Waals surface area contributed by atoms with Crippen LogP contribution in [0, 0.1) is 5.41 Å². The molecular formula is C13H15O7-. The predicted octanol–water partition coefficient (Wildman–Crippen LogP) is -1.83. The predicted molar refractivity (Wildman–Crippen MR) is 64.7 cm³/mol. The summed E-state index contributed by atoms with van der Waals surface area (Å²) in [7, 11) is 0. The fourth-order valence-corrected chi connectivity index (χ4v) is 1.33. The van der Waals surface area contributed by atoms with Crippen LogP contribution in [0.15, 0.2) is 24.3 Å². The van der Waals surface area contributed by atoms with Crippen molar-refractivity contribution in [3.05, 3.63) is 35.4 Å². The summed E-state index contributed by atoms with van der Waals surface area (Å²) < 4.78 is 4.88. The molecule has 0 aliphatic carbocycles. The first kappa shape index (κ1) is 16.1. The minimum atomic E-state index is -1.36. The van der Waals surface area contributed by atoms with Gasteiger partial charge in [0.2, 0.25) is 0 Å². The fraction of sp³-hybridized carbons (Fsp3) is 0.385. The summed E-state index contributed by atoms with van der Waals surface area (Å²) in [6, 6.07) is 4.91. The van der Waals surface area contributed by atoms with Gasteiger partial charge in [-0.25, -0.2) is 4.79 Å². The molecule has 0 aromatic heterocycles. The molecule has 110 valence electrons. The van der Waals surface area contributed by atoms with E-state index in [1.54, 1.807) is 0 Å². The number of carboxylic acids is 1. The molecule has 0 unspecified atom stereocenters. The van der Waals surface area contributed by atoms with E-state index in [0.29, 0.717) is 0 Å². The molecule has 0 aliphatic rings. The van der Waals surface area contributed by atoms with Crippen LogP contribution in [0.5, 0.6) is 0 Å². The second-order valence-electron chi connectivity index (χ2n) is 4.42. The Kier molecular flexibility index (Phi) is 5.63. The summed E-state index contributed by atoms with van der Waals surface area (Å²) in [4.78, 5) is 22.2. The minimum Gasteiger partial charge on any atom is -0.545 e. The molecule has 0 spiro atoms. The van der Waals surface area contributed by atoms with Crippen LogP contribution in [0.4, 0.5) is 0 Å². The van der Waals surface area contributed by atoms with Gasteiger partial charge >= 0.3 is 5.97 Å². The van der Waals surface area contributed by atoms with E-state index in [0.717, 1.165) is 0 Å². The average molecular weight is 283 g/mol. The normalized spacial score (nSPS) is 11.2. The third kappa shape index (κ3) is 3.77. The van der Waals surface area contributed by atoms with Crippen molar-refractivity contribution in [1.29, 1.82) is 0 Å². The van der Waals surface area contributed by atoms with Gasteiger partial charge in [0.05, 0.1) is 36.8 Å². The SMILES string of the molecule is O=C([O-])c1ccc(C(=O)OCC(CO)(CO)CO)cc1. The number of carbonyl (C=O) groups excluding carboxylic acids is 2. The van der Waals surface area contributed by atoms with Gasteiger partial charge in [0.15, 0.2) is 0 Å². The molecule has 0 saturated carbocycles. The van der Waals surface area contributed by atoms with Crippen LogP contribution in [0.1, 0.15) is 20.7 Å². The number of esters is 1. The maximum atomic E-state index is 11.7. The van der Waals surface area contributed by atoms with Crippen molar-refractivity contribution in [2.45, 2.75) is 0 Å². The van der Waals surface area contributed by atoms with Crippen LogP contribution in [-0.4, -0.2) is 53.7 Å². The Bertz CT molecular complexity index is 454. The van der Waals surface area contributed by atoms with Gasteiger partial charge in [-0.1, -0.05) is 12.1 Å². The van der Waals surface area contributed by atoms with Gasteiger partial charge in [0, 0.05) is 0 Å². The largest absolute Gasteiger partial charge is 0.545 e. The average Bonchev–Trinajstić information content (AvgIpc) is 2.49. The topological polar surface area (TPSA) is 127 Å². The van der Waals surface area contributed by atoms with E-state index in [1.165, 1.54) is 24.3 Å². The molecule has 7 heteroatoms. The Morgan fingerprint density at radius 1 is 1.00 bits per heavy atom. The minimum absolute atomic E-state index is 0.0722. The van der Waals surface area contributed by atoms with Crippen molar-refractivity contribution < 1.29 is 34.8 Å². The highest BCUT2D eigenvalue weighted by Gasteiger charge is 2.30. The monoisotopic (exact) mass is 283 g/mol. The third-order valence-corrected chi connectivity index (χ3v) is 2.87. The van der Waals surface area contributed by atoms with Crippen molar-refractivity contribution in [3.63, 3.8) is 0 Å². The third-order valence-electron chi connectivity index (χ3n) is 2.87. The highest BCUT2D eigenvalue weighted by atomic mass is 16.5. The molecule has 7 nitrogen and oxygen atoms in total. The quantitative estimate of drug-likeness (QED) is 0.502. The number of hydrogen-bond acceptors (Lipinski definition) is 7. The van der Waals surface area contributed by atoms with Crippen molar-refractivity contribution in [1.82, 2.24) is 0 Å². The van der Waals surface area contributed by atoms with Crippen molar-refractivity contribution in [2.75, 3.05) is 26.4 Å². The van der Waals surface area contributed by atoms with Gasteiger partial charge in [-0.3, -0.25) is 0 Å². The van der Waals surface area contributed by atoms with Crippen LogP contribution in [0.25, 0.3) is 0 Å². The van der Waals surface area contributed by atoms with Crippen LogP contribution >= 0.6 is 0 Å². The molecule has 1 aromatic carbocycles. The summed E-state index contributed by atoms with van der Waals surface area (Å²) in [6.07, 6.45) is 0. The summed E-state index contributed by atoms with van der Waals surface area (Å²) in [5.41, 5.74) is -1.27. The number of hydrogen-bond donors (Lipinski definition) is 3. The lowest BCUT2D eigenvalue weighted by Crippen LogP contribution is -2.39. The summed E-state index contributed by atoms with van der Waals surface area (Å²) in [5.74, 6) is -2.11. The highest BCUT2D eigenvalue weighted by Crippen LogP contribution is 2.16. The van der Waals surface area contributed by atoms with E-state index in [2.05, 4.69) is 0 Å². The summed E-state index contributed by atoms with van der Waals surface area (Å²) in [5, 5.41) is 37.8. The molecule has 20 heavy (non-hydrogen) atoms. The maximum absolute atomic E-state index is 11.7. The molecule has 3 N–H and O–H groups in total. The smallest absolute Gasteiger partial charge is 0.338 e.